The SMILES string of the molecule is C=CCN(C)c1cc2c(cc1I)OCO2. The van der Waals surface area contributed by atoms with Crippen molar-refractivity contribution in [3.05, 3.63) is 28.4 Å². The van der Waals surface area contributed by atoms with Crippen LogP contribution < -0.4 is 14.4 Å². The molecular formula is C11H12INO2. The summed E-state index contributed by atoms with van der Waals surface area (Å²) in [6.07, 6.45) is 1.88. The maximum Gasteiger partial charge on any atom is 0.231 e. The number of anilines is 1. The van der Waals surface area contributed by atoms with Gasteiger partial charge in [-0.15, -0.1) is 6.58 Å². The Labute approximate surface area is 103 Å². The third-order valence-electron chi connectivity index (χ3n) is 2.26. The van der Waals surface area contributed by atoms with E-state index in [1.165, 1.54) is 0 Å². The monoisotopic (exact) mass is 317 g/mol. The summed E-state index contributed by atoms with van der Waals surface area (Å²) in [6, 6.07) is 4.01. The molecule has 0 aromatic heterocycles. The first kappa shape index (κ1) is 10.6. The van der Waals surface area contributed by atoms with E-state index >= 15 is 0 Å². The van der Waals surface area contributed by atoms with E-state index in [0.717, 1.165) is 27.3 Å². The Morgan fingerprint density at radius 3 is 2.80 bits per heavy atom. The number of rotatable bonds is 3. The van der Waals surface area contributed by atoms with Gasteiger partial charge in [0, 0.05) is 23.2 Å². The van der Waals surface area contributed by atoms with Crippen LogP contribution in [0.3, 0.4) is 0 Å². The first-order valence-corrected chi connectivity index (χ1v) is 5.71. The minimum atomic E-state index is 0.319. The summed E-state index contributed by atoms with van der Waals surface area (Å²) in [6.45, 7) is 4.86. The number of hydrogen-bond donors (Lipinski definition) is 0. The zero-order chi connectivity index (χ0) is 10.8. The third-order valence-corrected chi connectivity index (χ3v) is 3.12. The number of fused-ring (bicyclic) bond motifs is 1. The molecule has 0 saturated carbocycles. The Hall–Kier alpha value is -0.910. The number of ether oxygens (including phenoxy) is 2. The van der Waals surface area contributed by atoms with E-state index in [2.05, 4.69) is 34.1 Å². The number of hydrogen-bond acceptors (Lipinski definition) is 3. The minimum Gasteiger partial charge on any atom is -0.454 e. The van der Waals surface area contributed by atoms with E-state index in [1.807, 2.05) is 25.3 Å². The minimum absolute atomic E-state index is 0.319. The molecule has 80 valence electrons. The molecule has 0 radical (unpaired) electrons. The zero-order valence-corrected chi connectivity index (χ0v) is 10.7. The van der Waals surface area contributed by atoms with Crippen molar-refractivity contribution in [2.24, 2.45) is 0 Å². The average Bonchev–Trinajstić information content (AvgIpc) is 2.63. The molecule has 4 heteroatoms. The molecule has 0 N–H and O–H groups in total. The van der Waals surface area contributed by atoms with Gasteiger partial charge in [-0.1, -0.05) is 6.08 Å². The fraction of sp³-hybridized carbons (Fsp3) is 0.273. The smallest absolute Gasteiger partial charge is 0.231 e. The van der Waals surface area contributed by atoms with E-state index in [-0.39, 0.29) is 0 Å². The summed E-state index contributed by atoms with van der Waals surface area (Å²) >= 11 is 2.30. The molecule has 0 bridgehead atoms. The van der Waals surface area contributed by atoms with Crippen LogP contribution in [-0.4, -0.2) is 20.4 Å². The van der Waals surface area contributed by atoms with Gasteiger partial charge in [0.05, 0.1) is 5.69 Å². The van der Waals surface area contributed by atoms with Crippen LogP contribution in [0.5, 0.6) is 11.5 Å². The second-order valence-corrected chi connectivity index (χ2v) is 4.49. The first-order valence-electron chi connectivity index (χ1n) is 4.63. The maximum atomic E-state index is 5.34. The lowest BCUT2D eigenvalue weighted by Crippen LogP contribution is -2.17. The van der Waals surface area contributed by atoms with Crippen molar-refractivity contribution in [3.63, 3.8) is 0 Å². The van der Waals surface area contributed by atoms with E-state index in [9.17, 15) is 0 Å². The Morgan fingerprint density at radius 1 is 1.47 bits per heavy atom. The van der Waals surface area contributed by atoms with Crippen molar-refractivity contribution in [2.75, 3.05) is 25.3 Å². The predicted octanol–water partition coefficient (Wildman–Crippen LogP) is 2.64. The lowest BCUT2D eigenvalue weighted by molar-refractivity contribution is 0.174. The highest BCUT2D eigenvalue weighted by Crippen LogP contribution is 2.38. The van der Waals surface area contributed by atoms with E-state index in [4.69, 9.17) is 9.47 Å². The van der Waals surface area contributed by atoms with Gasteiger partial charge in [0.15, 0.2) is 11.5 Å². The number of likely N-dealkylation sites (N-methyl/N-ethyl adjacent to an activating group) is 1. The highest BCUT2D eigenvalue weighted by molar-refractivity contribution is 14.1. The largest absolute Gasteiger partial charge is 0.454 e. The number of halogens is 1. The normalized spacial score (nSPS) is 12.7. The summed E-state index contributed by atoms with van der Waals surface area (Å²) in [5, 5.41) is 0. The van der Waals surface area contributed by atoms with Gasteiger partial charge in [-0.3, -0.25) is 0 Å². The van der Waals surface area contributed by atoms with Crippen molar-refractivity contribution in [1.82, 2.24) is 0 Å². The molecule has 1 heterocycles. The molecule has 15 heavy (non-hydrogen) atoms. The lowest BCUT2D eigenvalue weighted by atomic mass is 10.2. The second-order valence-electron chi connectivity index (χ2n) is 3.33. The predicted molar refractivity (Wildman–Crippen MR) is 68.7 cm³/mol. The summed E-state index contributed by atoms with van der Waals surface area (Å²) in [5.41, 5.74) is 1.14. The molecule has 1 aromatic rings. The van der Waals surface area contributed by atoms with Gasteiger partial charge >= 0.3 is 0 Å². The van der Waals surface area contributed by atoms with Gasteiger partial charge in [-0.2, -0.15) is 0 Å². The van der Waals surface area contributed by atoms with Crippen molar-refractivity contribution in [2.45, 2.75) is 0 Å². The molecular weight excluding hydrogens is 305 g/mol. The van der Waals surface area contributed by atoms with Gasteiger partial charge in [0.2, 0.25) is 6.79 Å². The van der Waals surface area contributed by atoms with Crippen LogP contribution in [0.4, 0.5) is 5.69 Å². The van der Waals surface area contributed by atoms with Gasteiger partial charge < -0.3 is 14.4 Å². The topological polar surface area (TPSA) is 21.7 Å². The van der Waals surface area contributed by atoms with Crippen LogP contribution in [-0.2, 0) is 0 Å². The van der Waals surface area contributed by atoms with Crippen LogP contribution in [0.15, 0.2) is 24.8 Å². The average molecular weight is 317 g/mol. The van der Waals surface area contributed by atoms with Gasteiger partial charge in [-0.25, -0.2) is 0 Å². The highest BCUT2D eigenvalue weighted by atomic mass is 127. The maximum absolute atomic E-state index is 5.34. The van der Waals surface area contributed by atoms with Crippen LogP contribution in [0.2, 0.25) is 0 Å². The van der Waals surface area contributed by atoms with Crippen molar-refractivity contribution < 1.29 is 9.47 Å². The highest BCUT2D eigenvalue weighted by Gasteiger charge is 2.17. The molecule has 0 atom stereocenters. The Balaban J connectivity index is 2.35. The number of benzene rings is 1. The van der Waals surface area contributed by atoms with Crippen LogP contribution in [0.25, 0.3) is 0 Å². The molecule has 0 fully saturated rings. The molecule has 0 saturated heterocycles. The summed E-state index contributed by atoms with van der Waals surface area (Å²) in [4.78, 5) is 2.12. The molecule has 0 aliphatic carbocycles. The van der Waals surface area contributed by atoms with E-state index in [1.54, 1.807) is 0 Å². The molecule has 1 aliphatic rings. The lowest BCUT2D eigenvalue weighted by Gasteiger charge is -2.19. The fourth-order valence-electron chi connectivity index (χ4n) is 1.49. The molecule has 2 rings (SSSR count). The molecule has 1 aromatic carbocycles. The summed E-state index contributed by atoms with van der Waals surface area (Å²) in [7, 11) is 2.03. The quantitative estimate of drug-likeness (QED) is 0.632. The Bertz CT molecular complexity index is 392. The summed E-state index contributed by atoms with van der Waals surface area (Å²) < 4.78 is 11.8. The zero-order valence-electron chi connectivity index (χ0n) is 8.50. The standard InChI is InChI=1S/C11H12INO2/c1-3-4-13(2)9-6-11-10(5-8(9)12)14-7-15-11/h3,5-6H,1,4,7H2,2H3. The van der Waals surface area contributed by atoms with Gasteiger partial charge in [0.25, 0.3) is 0 Å². The number of nitrogens with zero attached hydrogens (tertiary/aromatic N) is 1. The summed E-state index contributed by atoms with van der Waals surface area (Å²) in [5.74, 6) is 1.65. The van der Waals surface area contributed by atoms with Crippen LogP contribution in [0, 0.1) is 3.57 Å². The fourth-order valence-corrected chi connectivity index (χ4v) is 2.34. The van der Waals surface area contributed by atoms with E-state index < -0.39 is 0 Å². The Kier molecular flexibility index (Phi) is 3.04. The molecule has 1 aliphatic heterocycles. The molecule has 3 nitrogen and oxygen atoms in total. The van der Waals surface area contributed by atoms with E-state index in [0.29, 0.717) is 6.79 Å². The first-order chi connectivity index (χ1) is 7.22. The molecule has 0 spiro atoms. The molecule has 0 amide bonds. The van der Waals surface area contributed by atoms with Gasteiger partial charge in [0.1, 0.15) is 0 Å². The van der Waals surface area contributed by atoms with Crippen molar-refractivity contribution >= 4 is 28.3 Å². The van der Waals surface area contributed by atoms with Crippen LogP contribution in [0.1, 0.15) is 0 Å². The second kappa shape index (κ2) is 4.30. The Morgan fingerprint density at radius 2 is 2.13 bits per heavy atom. The van der Waals surface area contributed by atoms with Gasteiger partial charge in [-0.05, 0) is 28.7 Å². The van der Waals surface area contributed by atoms with Crippen molar-refractivity contribution in [3.8, 4) is 11.5 Å². The van der Waals surface area contributed by atoms with Crippen LogP contribution >= 0.6 is 22.6 Å². The third kappa shape index (κ3) is 2.04. The molecule has 0 unspecified atom stereocenters. The van der Waals surface area contributed by atoms with Crippen molar-refractivity contribution in [1.29, 1.82) is 0 Å².